The summed E-state index contributed by atoms with van der Waals surface area (Å²) in [6.45, 7) is 0.627. The second-order valence-corrected chi connectivity index (χ2v) is 5.67. The van der Waals surface area contributed by atoms with Crippen molar-refractivity contribution in [3.8, 4) is 5.75 Å². The second kappa shape index (κ2) is 7.57. The summed E-state index contributed by atoms with van der Waals surface area (Å²) in [5.41, 5.74) is 4.57. The molecule has 24 heavy (non-hydrogen) atoms. The van der Waals surface area contributed by atoms with Crippen LogP contribution in [-0.2, 0) is 6.54 Å². The number of aromatic hydroxyl groups is 1. The number of thiocarbonyl (C=S) groups is 1. The van der Waals surface area contributed by atoms with E-state index in [1.807, 2.05) is 60.7 Å². The van der Waals surface area contributed by atoms with E-state index >= 15 is 0 Å². The average molecular weight is 335 g/mol. The van der Waals surface area contributed by atoms with Crippen molar-refractivity contribution in [2.75, 3.05) is 0 Å². The summed E-state index contributed by atoms with van der Waals surface area (Å²) in [6, 6.07) is 21.3. The molecule has 0 saturated heterocycles. The van der Waals surface area contributed by atoms with E-state index in [9.17, 15) is 5.11 Å². The topological polar surface area (TPSA) is 56.7 Å². The summed E-state index contributed by atoms with van der Waals surface area (Å²) in [7, 11) is 0. The Morgan fingerprint density at radius 1 is 1.00 bits per heavy atom. The number of benzene rings is 3. The predicted octanol–water partition coefficient (Wildman–Crippen LogP) is 3.54. The van der Waals surface area contributed by atoms with Crippen LogP contribution in [0.5, 0.6) is 5.75 Å². The van der Waals surface area contributed by atoms with Crippen LogP contribution in [0.3, 0.4) is 0 Å². The van der Waals surface area contributed by atoms with Crippen LogP contribution in [0.15, 0.2) is 71.8 Å². The fourth-order valence-corrected chi connectivity index (χ4v) is 2.52. The molecule has 0 spiro atoms. The van der Waals surface area contributed by atoms with Crippen LogP contribution in [0.1, 0.15) is 11.1 Å². The van der Waals surface area contributed by atoms with E-state index < -0.39 is 0 Å². The fourth-order valence-electron chi connectivity index (χ4n) is 2.39. The first kappa shape index (κ1) is 16.0. The molecule has 0 aliphatic rings. The number of hydrogen-bond acceptors (Lipinski definition) is 3. The third-order valence-corrected chi connectivity index (χ3v) is 3.84. The number of nitrogens with one attached hydrogen (secondary N) is 2. The molecule has 0 atom stereocenters. The summed E-state index contributed by atoms with van der Waals surface area (Å²) in [6.07, 6.45) is 1.58. The number of rotatable bonds is 4. The molecule has 3 aromatic rings. The average Bonchev–Trinajstić information content (AvgIpc) is 2.63. The number of nitrogens with zero attached hydrogens (tertiary/aromatic N) is 1. The maximum Gasteiger partial charge on any atom is 0.187 e. The summed E-state index contributed by atoms with van der Waals surface area (Å²) in [5, 5.41) is 19.7. The first-order valence-corrected chi connectivity index (χ1v) is 7.96. The van der Waals surface area contributed by atoms with Gasteiger partial charge in [-0.05, 0) is 34.6 Å². The van der Waals surface area contributed by atoms with E-state index in [1.54, 1.807) is 12.3 Å². The van der Waals surface area contributed by atoms with Crippen LogP contribution in [0, 0.1) is 0 Å². The van der Waals surface area contributed by atoms with Crippen molar-refractivity contribution < 1.29 is 5.11 Å². The molecular formula is C19H17N3OS. The summed E-state index contributed by atoms with van der Waals surface area (Å²) < 4.78 is 0. The van der Waals surface area contributed by atoms with Crippen LogP contribution < -0.4 is 10.7 Å². The molecule has 0 aliphatic carbocycles. The van der Waals surface area contributed by atoms with Crippen LogP contribution in [0.25, 0.3) is 10.8 Å². The zero-order valence-electron chi connectivity index (χ0n) is 12.9. The van der Waals surface area contributed by atoms with Gasteiger partial charge in [0.2, 0.25) is 0 Å². The smallest absolute Gasteiger partial charge is 0.187 e. The number of hydrazone groups is 1. The highest BCUT2D eigenvalue weighted by Gasteiger charge is 2.04. The minimum atomic E-state index is 0.183. The maximum absolute atomic E-state index is 10.1. The Hall–Kier alpha value is -2.92. The van der Waals surface area contributed by atoms with Gasteiger partial charge in [-0.1, -0.05) is 60.7 Å². The Bertz CT molecular complexity index is 878. The van der Waals surface area contributed by atoms with Gasteiger partial charge in [0.25, 0.3) is 0 Å². The predicted molar refractivity (Wildman–Crippen MR) is 102 cm³/mol. The van der Waals surface area contributed by atoms with Crippen molar-refractivity contribution >= 4 is 34.3 Å². The van der Waals surface area contributed by atoms with E-state index in [4.69, 9.17) is 12.2 Å². The van der Waals surface area contributed by atoms with Gasteiger partial charge in [-0.25, -0.2) is 0 Å². The van der Waals surface area contributed by atoms with E-state index in [1.165, 1.54) is 0 Å². The Kier molecular flexibility index (Phi) is 5.03. The third kappa shape index (κ3) is 3.88. The highest BCUT2D eigenvalue weighted by molar-refractivity contribution is 7.80. The lowest BCUT2D eigenvalue weighted by molar-refractivity contribution is 0.475. The second-order valence-electron chi connectivity index (χ2n) is 5.26. The Morgan fingerprint density at radius 2 is 1.75 bits per heavy atom. The van der Waals surface area contributed by atoms with Crippen molar-refractivity contribution in [2.24, 2.45) is 5.10 Å². The van der Waals surface area contributed by atoms with Gasteiger partial charge >= 0.3 is 0 Å². The number of phenolic OH excluding ortho intramolecular Hbond substituents is 1. The Balaban J connectivity index is 1.64. The van der Waals surface area contributed by atoms with Gasteiger partial charge in [0.15, 0.2) is 5.11 Å². The molecule has 3 aromatic carbocycles. The van der Waals surface area contributed by atoms with Crippen LogP contribution in [0.2, 0.25) is 0 Å². The van der Waals surface area contributed by atoms with Crippen molar-refractivity contribution in [1.29, 1.82) is 0 Å². The highest BCUT2D eigenvalue weighted by atomic mass is 32.1. The quantitative estimate of drug-likeness (QED) is 0.388. The molecule has 3 rings (SSSR count). The van der Waals surface area contributed by atoms with Gasteiger partial charge in [-0.2, -0.15) is 5.10 Å². The van der Waals surface area contributed by atoms with E-state index in [-0.39, 0.29) is 5.75 Å². The van der Waals surface area contributed by atoms with Crippen LogP contribution >= 0.6 is 12.2 Å². The zero-order valence-corrected chi connectivity index (χ0v) is 13.8. The van der Waals surface area contributed by atoms with Crippen LogP contribution in [0.4, 0.5) is 0 Å². The maximum atomic E-state index is 10.1. The Labute approximate surface area is 145 Å². The van der Waals surface area contributed by atoms with E-state index in [0.717, 1.165) is 16.3 Å². The van der Waals surface area contributed by atoms with Gasteiger partial charge < -0.3 is 10.4 Å². The molecule has 0 saturated carbocycles. The largest absolute Gasteiger partial charge is 0.507 e. The van der Waals surface area contributed by atoms with E-state index in [0.29, 0.717) is 17.2 Å². The number of hydrogen-bond donors (Lipinski definition) is 3. The molecule has 0 unspecified atom stereocenters. The Morgan fingerprint density at radius 3 is 2.58 bits per heavy atom. The third-order valence-electron chi connectivity index (χ3n) is 3.60. The van der Waals surface area contributed by atoms with Gasteiger partial charge in [0.05, 0.1) is 6.21 Å². The molecule has 0 radical (unpaired) electrons. The molecule has 120 valence electrons. The molecule has 0 fully saturated rings. The van der Waals surface area contributed by atoms with Gasteiger partial charge in [-0.15, -0.1) is 0 Å². The molecular weight excluding hydrogens is 318 g/mol. The van der Waals surface area contributed by atoms with Crippen molar-refractivity contribution in [3.63, 3.8) is 0 Å². The number of phenols is 1. The molecule has 0 bridgehead atoms. The molecule has 4 nitrogen and oxygen atoms in total. The molecule has 3 N–H and O–H groups in total. The van der Waals surface area contributed by atoms with Gasteiger partial charge in [0.1, 0.15) is 5.75 Å². The molecule has 0 heterocycles. The molecule has 0 amide bonds. The van der Waals surface area contributed by atoms with Crippen molar-refractivity contribution in [1.82, 2.24) is 10.7 Å². The van der Waals surface area contributed by atoms with Gasteiger partial charge in [-0.3, -0.25) is 5.43 Å². The zero-order chi connectivity index (χ0) is 16.8. The normalized spacial score (nSPS) is 10.8. The summed E-state index contributed by atoms with van der Waals surface area (Å²) in [5.74, 6) is 0.183. The first-order chi connectivity index (χ1) is 11.7. The summed E-state index contributed by atoms with van der Waals surface area (Å²) in [4.78, 5) is 0. The SMILES string of the molecule is Oc1ccc2ccccc2c1C=NNC(=S)NCc1ccccc1. The summed E-state index contributed by atoms with van der Waals surface area (Å²) >= 11 is 5.20. The molecule has 0 aliphatic heterocycles. The standard InChI is InChI=1S/C19H17N3OS/c23-18-11-10-15-8-4-5-9-16(15)17(18)13-21-22-19(24)20-12-14-6-2-1-3-7-14/h1-11,13,23H,12H2,(H2,20,22,24). The monoisotopic (exact) mass is 335 g/mol. The van der Waals surface area contributed by atoms with E-state index in [2.05, 4.69) is 15.8 Å². The van der Waals surface area contributed by atoms with Crippen molar-refractivity contribution in [3.05, 3.63) is 77.9 Å². The number of fused-ring (bicyclic) bond motifs is 1. The molecule has 5 heteroatoms. The van der Waals surface area contributed by atoms with Crippen LogP contribution in [-0.4, -0.2) is 16.4 Å². The minimum Gasteiger partial charge on any atom is -0.507 e. The van der Waals surface area contributed by atoms with Crippen molar-refractivity contribution in [2.45, 2.75) is 6.54 Å². The lowest BCUT2D eigenvalue weighted by Crippen LogP contribution is -2.31. The fraction of sp³-hybridized carbons (Fsp3) is 0.0526. The first-order valence-electron chi connectivity index (χ1n) is 7.55. The highest BCUT2D eigenvalue weighted by Crippen LogP contribution is 2.25. The minimum absolute atomic E-state index is 0.183. The lowest BCUT2D eigenvalue weighted by atomic mass is 10.0. The lowest BCUT2D eigenvalue weighted by Gasteiger charge is -2.07. The van der Waals surface area contributed by atoms with Gasteiger partial charge in [0, 0.05) is 12.1 Å². The molecule has 0 aromatic heterocycles.